The highest BCUT2D eigenvalue weighted by Gasteiger charge is 2.28. The van der Waals surface area contributed by atoms with Crippen LogP contribution in [0.5, 0.6) is 0 Å². The Bertz CT molecular complexity index is 1040. The second kappa shape index (κ2) is 8.04. The van der Waals surface area contributed by atoms with E-state index in [0.29, 0.717) is 30.8 Å². The van der Waals surface area contributed by atoms with Gasteiger partial charge >= 0.3 is 0 Å². The van der Waals surface area contributed by atoms with E-state index in [1.807, 2.05) is 36.4 Å². The van der Waals surface area contributed by atoms with Gasteiger partial charge < -0.3 is 0 Å². The molecule has 0 unspecified atom stereocenters. The molecule has 0 radical (unpaired) electrons. The molecule has 2 heterocycles. The summed E-state index contributed by atoms with van der Waals surface area (Å²) in [4.78, 5) is 8.40. The van der Waals surface area contributed by atoms with Gasteiger partial charge in [0.1, 0.15) is 0 Å². The van der Waals surface area contributed by atoms with Gasteiger partial charge in [-0.2, -0.15) is 0 Å². The van der Waals surface area contributed by atoms with Crippen molar-refractivity contribution < 1.29 is 8.42 Å². The van der Waals surface area contributed by atoms with Crippen molar-refractivity contribution in [3.63, 3.8) is 0 Å². The van der Waals surface area contributed by atoms with Gasteiger partial charge in [-0.15, -0.1) is 0 Å². The zero-order valence-electron chi connectivity index (χ0n) is 15.3. The summed E-state index contributed by atoms with van der Waals surface area (Å²) in [6.07, 6.45) is 2.31. The number of rotatable bonds is 6. The lowest BCUT2D eigenvalue weighted by molar-refractivity contribution is 0.587. The lowest BCUT2D eigenvalue weighted by Gasteiger charge is -2.18. The normalized spacial score (nSPS) is 13.4. The molecule has 0 aliphatic carbocycles. The topological polar surface area (TPSA) is 71.4 Å². The quantitative estimate of drug-likeness (QED) is 0.699. The fraction of sp³-hybridized carbons (Fsp3) is 0.182. The molecule has 3 aromatic rings. The number of aliphatic imine (C=N–C) groups is 1. The Morgan fingerprint density at radius 1 is 0.893 bits per heavy atom. The minimum absolute atomic E-state index is 0.0894. The van der Waals surface area contributed by atoms with E-state index in [1.165, 1.54) is 11.1 Å². The summed E-state index contributed by atoms with van der Waals surface area (Å²) in [7, 11) is -3.67. The van der Waals surface area contributed by atoms with Crippen LogP contribution in [0.15, 0.2) is 84.0 Å². The highest BCUT2D eigenvalue weighted by molar-refractivity contribution is 8.05. The Balaban J connectivity index is 1.50. The molecule has 0 fully saturated rings. The molecule has 0 amide bonds. The fourth-order valence-corrected chi connectivity index (χ4v) is 4.76. The number of nitrogens with one attached hydrogen (secondary N) is 1. The predicted octanol–water partition coefficient (Wildman–Crippen LogP) is 3.48. The van der Waals surface area contributed by atoms with Gasteiger partial charge in [-0.05, 0) is 29.7 Å². The molecule has 0 saturated heterocycles. The molecule has 6 heteroatoms. The van der Waals surface area contributed by atoms with Gasteiger partial charge in [0.15, 0.2) is 5.04 Å². The highest BCUT2D eigenvalue weighted by atomic mass is 32.2. The van der Waals surface area contributed by atoms with Gasteiger partial charge in [-0.1, -0.05) is 60.7 Å². The third-order valence-electron chi connectivity index (χ3n) is 4.88. The van der Waals surface area contributed by atoms with Gasteiger partial charge in [0.05, 0.1) is 12.2 Å². The number of pyridine rings is 1. The number of benzene rings is 2. The van der Waals surface area contributed by atoms with Crippen molar-refractivity contribution in [2.75, 3.05) is 6.54 Å². The van der Waals surface area contributed by atoms with E-state index < -0.39 is 10.0 Å². The van der Waals surface area contributed by atoms with Crippen molar-refractivity contribution in [3.05, 3.63) is 101 Å². The Morgan fingerprint density at radius 2 is 1.54 bits per heavy atom. The molecule has 0 spiro atoms. The average molecular weight is 391 g/mol. The largest absolute Gasteiger partial charge is 0.265 e. The first-order valence-electron chi connectivity index (χ1n) is 9.23. The standard InChI is InChI=1S/C22H21N3O2S/c26-28(27,22-20-12-7-14-23-21(20)16-24-22)25-15-13-19(17-8-3-1-4-9-17)18-10-5-2-6-11-18/h1-12,14,19,25H,13,15-16H2. The van der Waals surface area contributed by atoms with E-state index in [9.17, 15) is 8.42 Å². The zero-order valence-corrected chi connectivity index (χ0v) is 16.1. The summed E-state index contributed by atoms with van der Waals surface area (Å²) >= 11 is 0. The molecule has 0 saturated carbocycles. The van der Waals surface area contributed by atoms with Crippen LogP contribution in [0, 0.1) is 0 Å². The van der Waals surface area contributed by atoms with Gasteiger partial charge in [0, 0.05) is 24.2 Å². The van der Waals surface area contributed by atoms with Gasteiger partial charge in [-0.3, -0.25) is 9.98 Å². The summed E-state index contributed by atoms with van der Waals surface area (Å²) in [5.41, 5.74) is 3.63. The molecule has 0 atom stereocenters. The second-order valence-electron chi connectivity index (χ2n) is 6.68. The Hall–Kier alpha value is -2.83. The first-order chi connectivity index (χ1) is 13.6. The fourth-order valence-electron chi connectivity index (χ4n) is 3.52. The average Bonchev–Trinajstić information content (AvgIpc) is 3.18. The molecule has 2 aromatic carbocycles. The second-order valence-corrected chi connectivity index (χ2v) is 8.36. The lowest BCUT2D eigenvalue weighted by Crippen LogP contribution is -2.32. The molecule has 5 nitrogen and oxygen atoms in total. The smallest absolute Gasteiger partial charge is 0.258 e. The van der Waals surface area contributed by atoms with E-state index in [1.54, 1.807) is 18.3 Å². The van der Waals surface area contributed by atoms with Crippen LogP contribution in [-0.4, -0.2) is 25.0 Å². The number of hydrogen-bond acceptors (Lipinski definition) is 4. The summed E-state index contributed by atoms with van der Waals surface area (Å²) in [6, 6.07) is 23.8. The third kappa shape index (κ3) is 3.88. The van der Waals surface area contributed by atoms with Crippen molar-refractivity contribution in [3.8, 4) is 0 Å². The lowest BCUT2D eigenvalue weighted by atomic mass is 9.89. The SMILES string of the molecule is O=S(=O)(NCCC(c1ccccc1)c1ccccc1)C1=NCc2ncccc21. The first kappa shape index (κ1) is 18.5. The van der Waals surface area contributed by atoms with Crippen LogP contribution in [-0.2, 0) is 16.6 Å². The van der Waals surface area contributed by atoms with E-state index in [-0.39, 0.29) is 11.0 Å². The number of fused-ring (bicyclic) bond motifs is 1. The number of sulfonamides is 1. The van der Waals surface area contributed by atoms with Crippen molar-refractivity contribution >= 4 is 15.1 Å². The van der Waals surface area contributed by atoms with E-state index >= 15 is 0 Å². The van der Waals surface area contributed by atoms with Crippen LogP contribution in [0.25, 0.3) is 0 Å². The molecule has 4 rings (SSSR count). The molecular weight excluding hydrogens is 370 g/mol. The molecule has 0 bridgehead atoms. The van der Waals surface area contributed by atoms with Gasteiger partial charge in [-0.25, -0.2) is 13.1 Å². The predicted molar refractivity (Wildman–Crippen MR) is 111 cm³/mol. The van der Waals surface area contributed by atoms with Crippen LogP contribution < -0.4 is 4.72 Å². The van der Waals surface area contributed by atoms with Crippen LogP contribution >= 0.6 is 0 Å². The van der Waals surface area contributed by atoms with Crippen molar-refractivity contribution in [1.29, 1.82) is 0 Å². The molecule has 142 valence electrons. The summed E-state index contributed by atoms with van der Waals surface area (Å²) in [5, 5.41) is 0.0894. The monoisotopic (exact) mass is 391 g/mol. The van der Waals surface area contributed by atoms with Gasteiger partial charge in [0.2, 0.25) is 0 Å². The first-order valence-corrected chi connectivity index (χ1v) is 10.7. The highest BCUT2D eigenvalue weighted by Crippen LogP contribution is 2.27. The zero-order chi connectivity index (χ0) is 19.4. The number of aromatic nitrogens is 1. The Kier molecular flexibility index (Phi) is 5.32. The van der Waals surface area contributed by atoms with E-state index in [0.717, 1.165) is 0 Å². The Labute approximate surface area is 165 Å². The third-order valence-corrected chi connectivity index (χ3v) is 6.32. The maximum atomic E-state index is 12.8. The number of hydrogen-bond donors (Lipinski definition) is 1. The maximum absolute atomic E-state index is 12.8. The molecule has 1 N–H and O–H groups in total. The van der Waals surface area contributed by atoms with Crippen LogP contribution in [0.3, 0.4) is 0 Å². The maximum Gasteiger partial charge on any atom is 0.258 e. The van der Waals surface area contributed by atoms with E-state index in [2.05, 4.69) is 39.0 Å². The number of nitrogens with zero attached hydrogens (tertiary/aromatic N) is 2. The van der Waals surface area contributed by atoms with Gasteiger partial charge in [0.25, 0.3) is 10.0 Å². The minimum atomic E-state index is -3.67. The molecule has 28 heavy (non-hydrogen) atoms. The molecule has 1 aliphatic heterocycles. The van der Waals surface area contributed by atoms with E-state index in [4.69, 9.17) is 0 Å². The van der Waals surface area contributed by atoms with Crippen LogP contribution in [0.2, 0.25) is 0 Å². The summed E-state index contributed by atoms with van der Waals surface area (Å²) in [6.45, 7) is 0.633. The Morgan fingerprint density at radius 3 is 2.18 bits per heavy atom. The van der Waals surface area contributed by atoms with Crippen molar-refractivity contribution in [2.45, 2.75) is 18.9 Å². The minimum Gasteiger partial charge on any atom is -0.265 e. The molecule has 1 aromatic heterocycles. The van der Waals surface area contributed by atoms with Crippen molar-refractivity contribution in [2.24, 2.45) is 4.99 Å². The summed E-state index contributed by atoms with van der Waals surface area (Å²) in [5.74, 6) is 0.115. The summed E-state index contributed by atoms with van der Waals surface area (Å²) < 4.78 is 28.3. The molecule has 1 aliphatic rings. The van der Waals surface area contributed by atoms with Crippen LogP contribution in [0.4, 0.5) is 0 Å². The van der Waals surface area contributed by atoms with Crippen molar-refractivity contribution in [1.82, 2.24) is 9.71 Å². The molecular formula is C22H21N3O2S. The van der Waals surface area contributed by atoms with Crippen LogP contribution in [0.1, 0.15) is 34.7 Å².